The van der Waals surface area contributed by atoms with Gasteiger partial charge in [-0.05, 0) is 44.9 Å². The summed E-state index contributed by atoms with van der Waals surface area (Å²) in [6.45, 7) is 10.7. The van der Waals surface area contributed by atoms with Gasteiger partial charge in [0.25, 0.3) is 5.91 Å². The fraction of sp³-hybridized carbons (Fsp3) is 0.476. The highest BCUT2D eigenvalue weighted by Crippen LogP contribution is 2.19. The van der Waals surface area contributed by atoms with Crippen LogP contribution in [0.15, 0.2) is 30.5 Å². The molecule has 6 nitrogen and oxygen atoms in total. The van der Waals surface area contributed by atoms with Crippen LogP contribution in [-0.4, -0.2) is 53.1 Å². The zero-order chi connectivity index (χ0) is 19.4. The van der Waals surface area contributed by atoms with E-state index in [2.05, 4.69) is 21.8 Å². The highest BCUT2D eigenvalue weighted by atomic mass is 16.5. The topological polar surface area (TPSA) is 58.6 Å². The molecule has 0 radical (unpaired) electrons. The molecule has 6 heteroatoms. The Hall–Kier alpha value is -2.63. The van der Waals surface area contributed by atoms with Gasteiger partial charge in [-0.25, -0.2) is 4.98 Å². The Morgan fingerprint density at radius 1 is 1.15 bits per heavy atom. The van der Waals surface area contributed by atoms with Crippen molar-refractivity contribution >= 4 is 11.7 Å². The Morgan fingerprint density at radius 3 is 2.44 bits per heavy atom. The molecule has 27 heavy (non-hydrogen) atoms. The summed E-state index contributed by atoms with van der Waals surface area (Å²) in [7, 11) is 0. The van der Waals surface area contributed by atoms with Crippen molar-refractivity contribution in [2.24, 2.45) is 0 Å². The largest absolute Gasteiger partial charge is 0.481 e. The lowest BCUT2D eigenvalue weighted by Gasteiger charge is -2.36. The van der Waals surface area contributed by atoms with Crippen molar-refractivity contribution in [1.29, 1.82) is 0 Å². The SMILES string of the molecule is CCc1ccc(OC(C)C(=O)N2CCN(c3nc(C)cnc3C)CC2)cc1. The molecular formula is C21H28N4O2. The molecule has 1 aromatic heterocycles. The van der Waals surface area contributed by atoms with Crippen molar-refractivity contribution in [2.45, 2.75) is 40.2 Å². The molecule has 3 rings (SSSR count). The van der Waals surface area contributed by atoms with E-state index in [9.17, 15) is 4.79 Å². The molecule has 2 heterocycles. The van der Waals surface area contributed by atoms with E-state index in [1.54, 1.807) is 6.20 Å². The highest BCUT2D eigenvalue weighted by Gasteiger charge is 2.27. The Kier molecular flexibility index (Phi) is 5.94. The lowest BCUT2D eigenvalue weighted by atomic mass is 10.2. The normalized spacial score (nSPS) is 15.6. The lowest BCUT2D eigenvalue weighted by Crippen LogP contribution is -2.52. The van der Waals surface area contributed by atoms with Crippen molar-refractivity contribution in [1.82, 2.24) is 14.9 Å². The predicted molar refractivity (Wildman–Crippen MR) is 106 cm³/mol. The number of benzene rings is 1. The molecule has 0 N–H and O–H groups in total. The van der Waals surface area contributed by atoms with E-state index < -0.39 is 6.10 Å². The quantitative estimate of drug-likeness (QED) is 0.812. The van der Waals surface area contributed by atoms with Crippen molar-refractivity contribution in [3.05, 3.63) is 47.4 Å². The maximum Gasteiger partial charge on any atom is 0.263 e. The zero-order valence-electron chi connectivity index (χ0n) is 16.6. The van der Waals surface area contributed by atoms with Gasteiger partial charge in [0.1, 0.15) is 11.6 Å². The molecule has 0 bridgehead atoms. The number of piperazine rings is 1. The van der Waals surface area contributed by atoms with Gasteiger partial charge in [-0.1, -0.05) is 19.1 Å². The van der Waals surface area contributed by atoms with Gasteiger partial charge in [-0.3, -0.25) is 9.78 Å². The number of hydrogen-bond donors (Lipinski definition) is 0. The second kappa shape index (κ2) is 8.37. The minimum atomic E-state index is -0.496. The molecule has 1 aromatic carbocycles. The van der Waals surface area contributed by atoms with Gasteiger partial charge in [0.15, 0.2) is 6.10 Å². The van der Waals surface area contributed by atoms with E-state index in [0.717, 1.165) is 42.5 Å². The van der Waals surface area contributed by atoms with Crippen LogP contribution in [-0.2, 0) is 11.2 Å². The van der Waals surface area contributed by atoms with Crippen molar-refractivity contribution in [2.75, 3.05) is 31.1 Å². The summed E-state index contributed by atoms with van der Waals surface area (Å²) in [5, 5.41) is 0. The summed E-state index contributed by atoms with van der Waals surface area (Å²) < 4.78 is 5.85. The predicted octanol–water partition coefficient (Wildman–Crippen LogP) is 2.77. The first kappa shape index (κ1) is 19.1. The van der Waals surface area contributed by atoms with E-state index in [-0.39, 0.29) is 5.91 Å². The molecule has 2 aromatic rings. The van der Waals surface area contributed by atoms with E-state index in [1.165, 1.54) is 5.56 Å². The van der Waals surface area contributed by atoms with E-state index in [1.807, 2.05) is 49.9 Å². The molecule has 1 unspecified atom stereocenters. The smallest absolute Gasteiger partial charge is 0.263 e. The summed E-state index contributed by atoms with van der Waals surface area (Å²) in [6.07, 6.45) is 2.28. The number of carbonyl (C=O) groups excluding carboxylic acids is 1. The van der Waals surface area contributed by atoms with Gasteiger partial charge in [0.2, 0.25) is 0 Å². The average Bonchev–Trinajstić information content (AvgIpc) is 2.70. The van der Waals surface area contributed by atoms with Gasteiger partial charge in [-0.15, -0.1) is 0 Å². The minimum Gasteiger partial charge on any atom is -0.481 e. The summed E-state index contributed by atoms with van der Waals surface area (Å²) in [4.78, 5) is 25.8. The molecule has 0 spiro atoms. The molecule has 1 amide bonds. The molecule has 0 saturated carbocycles. The second-order valence-electron chi connectivity index (χ2n) is 6.99. The molecule has 1 fully saturated rings. The Bertz CT molecular complexity index is 783. The van der Waals surface area contributed by atoms with E-state index in [4.69, 9.17) is 4.74 Å². The molecule has 144 valence electrons. The number of amides is 1. The third kappa shape index (κ3) is 4.56. The first-order chi connectivity index (χ1) is 13.0. The molecule has 0 aliphatic carbocycles. The van der Waals surface area contributed by atoms with Crippen LogP contribution in [0.2, 0.25) is 0 Å². The number of ether oxygens (including phenoxy) is 1. The lowest BCUT2D eigenvalue weighted by molar-refractivity contribution is -0.138. The standard InChI is InChI=1S/C21H28N4O2/c1-5-18-6-8-19(9-7-18)27-17(4)21(26)25-12-10-24(11-13-25)20-16(3)22-14-15(2)23-20/h6-9,14,17H,5,10-13H2,1-4H3. The number of aromatic nitrogens is 2. The first-order valence-corrected chi connectivity index (χ1v) is 9.57. The zero-order valence-corrected chi connectivity index (χ0v) is 16.6. The van der Waals surface area contributed by atoms with Crippen LogP contribution in [0.25, 0.3) is 0 Å². The number of carbonyl (C=O) groups is 1. The fourth-order valence-corrected chi connectivity index (χ4v) is 3.28. The van der Waals surface area contributed by atoms with Gasteiger partial charge >= 0.3 is 0 Å². The average molecular weight is 368 g/mol. The monoisotopic (exact) mass is 368 g/mol. The van der Waals surface area contributed by atoms with E-state index >= 15 is 0 Å². The van der Waals surface area contributed by atoms with Crippen molar-refractivity contribution in [3.63, 3.8) is 0 Å². The maximum absolute atomic E-state index is 12.7. The highest BCUT2D eigenvalue weighted by molar-refractivity contribution is 5.81. The second-order valence-corrected chi connectivity index (χ2v) is 6.99. The van der Waals surface area contributed by atoms with Crippen LogP contribution in [0.4, 0.5) is 5.82 Å². The Labute approximate surface area is 161 Å². The molecule has 1 saturated heterocycles. The number of hydrogen-bond acceptors (Lipinski definition) is 5. The van der Waals surface area contributed by atoms with Gasteiger partial charge < -0.3 is 14.5 Å². The van der Waals surface area contributed by atoms with Gasteiger partial charge in [0, 0.05) is 32.4 Å². The van der Waals surface area contributed by atoms with Gasteiger partial charge in [-0.2, -0.15) is 0 Å². The number of rotatable bonds is 5. The van der Waals surface area contributed by atoms with Crippen molar-refractivity contribution in [3.8, 4) is 5.75 Å². The Balaban J connectivity index is 1.56. The van der Waals surface area contributed by atoms with Crippen LogP contribution >= 0.6 is 0 Å². The number of anilines is 1. The van der Waals surface area contributed by atoms with Crippen LogP contribution in [0.3, 0.4) is 0 Å². The summed E-state index contributed by atoms with van der Waals surface area (Å²) in [5.41, 5.74) is 3.09. The molecular weight excluding hydrogens is 340 g/mol. The van der Waals surface area contributed by atoms with Crippen LogP contribution < -0.4 is 9.64 Å². The summed E-state index contributed by atoms with van der Waals surface area (Å²) in [5.74, 6) is 1.68. The van der Waals surface area contributed by atoms with Crippen LogP contribution in [0.1, 0.15) is 30.8 Å². The minimum absolute atomic E-state index is 0.0290. The third-order valence-electron chi connectivity index (χ3n) is 4.93. The van der Waals surface area contributed by atoms with Crippen LogP contribution in [0.5, 0.6) is 5.75 Å². The molecule has 1 aliphatic heterocycles. The van der Waals surface area contributed by atoms with Gasteiger partial charge in [0.05, 0.1) is 11.4 Å². The summed E-state index contributed by atoms with van der Waals surface area (Å²) in [6, 6.07) is 7.94. The fourth-order valence-electron chi connectivity index (χ4n) is 3.28. The van der Waals surface area contributed by atoms with E-state index in [0.29, 0.717) is 13.1 Å². The number of aryl methyl sites for hydroxylation is 3. The Morgan fingerprint density at radius 2 is 1.81 bits per heavy atom. The van der Waals surface area contributed by atoms with Crippen molar-refractivity contribution < 1.29 is 9.53 Å². The molecule has 1 atom stereocenters. The first-order valence-electron chi connectivity index (χ1n) is 9.57. The molecule has 1 aliphatic rings. The van der Waals surface area contributed by atoms with Crippen LogP contribution in [0, 0.1) is 13.8 Å². The number of nitrogens with zero attached hydrogens (tertiary/aromatic N) is 4. The third-order valence-corrected chi connectivity index (χ3v) is 4.93. The summed E-state index contributed by atoms with van der Waals surface area (Å²) >= 11 is 0. The maximum atomic E-state index is 12.7.